The summed E-state index contributed by atoms with van der Waals surface area (Å²) in [5.41, 5.74) is 1.24. The van der Waals surface area contributed by atoms with Crippen LogP contribution in [0.15, 0.2) is 68.3 Å². The van der Waals surface area contributed by atoms with E-state index in [4.69, 9.17) is 9.15 Å². The zero-order valence-corrected chi connectivity index (χ0v) is 12.1. The van der Waals surface area contributed by atoms with Crippen molar-refractivity contribution in [2.75, 3.05) is 0 Å². The summed E-state index contributed by atoms with van der Waals surface area (Å²) >= 11 is 3.42. The fourth-order valence-electron chi connectivity index (χ4n) is 1.92. The summed E-state index contributed by atoms with van der Waals surface area (Å²) in [5, 5.41) is 0.874. The van der Waals surface area contributed by atoms with Crippen LogP contribution in [0.1, 0.15) is 5.56 Å². The molecule has 1 heterocycles. The molecule has 0 atom stereocenters. The van der Waals surface area contributed by atoms with Crippen LogP contribution in [0.3, 0.4) is 0 Å². The average molecular weight is 331 g/mol. The minimum Gasteiger partial charge on any atom is -0.489 e. The smallest absolute Gasteiger partial charge is 0.336 e. The van der Waals surface area contributed by atoms with E-state index in [1.165, 1.54) is 6.07 Å². The molecule has 0 unspecified atom stereocenters. The molecule has 3 aromatic rings. The van der Waals surface area contributed by atoms with Gasteiger partial charge in [-0.1, -0.05) is 28.1 Å². The lowest BCUT2D eigenvalue weighted by Crippen LogP contribution is -1.97. The molecule has 20 heavy (non-hydrogen) atoms. The van der Waals surface area contributed by atoms with Crippen molar-refractivity contribution in [2.24, 2.45) is 0 Å². The number of fused-ring (bicyclic) bond motifs is 1. The van der Waals surface area contributed by atoms with Crippen molar-refractivity contribution >= 4 is 26.9 Å². The van der Waals surface area contributed by atoms with E-state index in [-0.39, 0.29) is 5.63 Å². The lowest BCUT2D eigenvalue weighted by Gasteiger charge is -2.07. The Balaban J connectivity index is 1.82. The van der Waals surface area contributed by atoms with Crippen LogP contribution >= 0.6 is 15.9 Å². The Bertz CT molecular complexity index is 808. The SMILES string of the molecule is O=c1ccc2ccc(OCc3cccc(Br)c3)cc2o1. The molecule has 0 fully saturated rings. The van der Waals surface area contributed by atoms with Crippen LogP contribution in [-0.2, 0) is 6.61 Å². The first-order chi connectivity index (χ1) is 9.70. The van der Waals surface area contributed by atoms with Crippen molar-refractivity contribution in [1.29, 1.82) is 0 Å². The van der Waals surface area contributed by atoms with Crippen molar-refractivity contribution < 1.29 is 9.15 Å². The van der Waals surface area contributed by atoms with Gasteiger partial charge in [-0.05, 0) is 35.9 Å². The third-order valence-corrected chi connectivity index (χ3v) is 3.38. The monoisotopic (exact) mass is 330 g/mol. The van der Waals surface area contributed by atoms with Crippen molar-refractivity contribution in [3.8, 4) is 5.75 Å². The summed E-state index contributed by atoms with van der Waals surface area (Å²) in [5.74, 6) is 0.673. The molecular weight excluding hydrogens is 320 g/mol. The lowest BCUT2D eigenvalue weighted by atomic mass is 10.2. The molecule has 3 nitrogen and oxygen atoms in total. The van der Waals surface area contributed by atoms with Crippen molar-refractivity contribution in [1.82, 2.24) is 0 Å². The molecule has 3 rings (SSSR count). The first-order valence-corrected chi connectivity index (χ1v) is 6.91. The second-order valence-electron chi connectivity index (χ2n) is 4.37. The van der Waals surface area contributed by atoms with Crippen molar-refractivity contribution in [3.05, 3.63) is 75.1 Å². The fourth-order valence-corrected chi connectivity index (χ4v) is 2.37. The third-order valence-electron chi connectivity index (χ3n) is 2.89. The van der Waals surface area contributed by atoms with Gasteiger partial charge in [0.1, 0.15) is 17.9 Å². The minimum atomic E-state index is -0.360. The number of halogens is 1. The molecule has 1 aromatic heterocycles. The molecule has 0 aliphatic rings. The molecule has 0 bridgehead atoms. The standard InChI is InChI=1S/C16H11BrO3/c17-13-3-1-2-11(8-13)10-19-14-6-4-12-5-7-16(18)20-15(12)9-14/h1-9H,10H2. The molecule has 0 radical (unpaired) electrons. The highest BCUT2D eigenvalue weighted by atomic mass is 79.9. The van der Waals surface area contributed by atoms with Gasteiger partial charge in [-0.25, -0.2) is 4.79 Å². The van der Waals surface area contributed by atoms with Gasteiger partial charge in [-0.3, -0.25) is 0 Å². The second-order valence-corrected chi connectivity index (χ2v) is 5.29. The summed E-state index contributed by atoms with van der Waals surface area (Å²) in [7, 11) is 0. The second kappa shape index (κ2) is 5.51. The maximum atomic E-state index is 11.2. The molecule has 0 N–H and O–H groups in total. The highest BCUT2D eigenvalue weighted by molar-refractivity contribution is 9.10. The number of hydrogen-bond donors (Lipinski definition) is 0. The Hall–Kier alpha value is -2.07. The quantitative estimate of drug-likeness (QED) is 0.677. The van der Waals surface area contributed by atoms with E-state index in [1.54, 1.807) is 12.1 Å². The normalized spacial score (nSPS) is 10.7. The average Bonchev–Trinajstić information content (AvgIpc) is 2.45. The maximum absolute atomic E-state index is 11.2. The zero-order valence-electron chi connectivity index (χ0n) is 10.5. The van der Waals surface area contributed by atoms with E-state index in [9.17, 15) is 4.79 Å². The molecule has 0 saturated heterocycles. The van der Waals surface area contributed by atoms with Gasteiger partial charge in [-0.15, -0.1) is 0 Å². The molecule has 0 spiro atoms. The molecule has 2 aromatic carbocycles. The Morgan fingerprint density at radius 2 is 1.90 bits per heavy atom. The van der Waals surface area contributed by atoms with Crippen LogP contribution in [-0.4, -0.2) is 0 Å². The largest absolute Gasteiger partial charge is 0.489 e. The first-order valence-electron chi connectivity index (χ1n) is 6.12. The van der Waals surface area contributed by atoms with Gasteiger partial charge >= 0.3 is 5.63 Å². The highest BCUT2D eigenvalue weighted by Gasteiger charge is 2.01. The van der Waals surface area contributed by atoms with Crippen LogP contribution in [0.2, 0.25) is 0 Å². The summed E-state index contributed by atoms with van der Waals surface area (Å²) in [6.07, 6.45) is 0. The van der Waals surface area contributed by atoms with E-state index in [2.05, 4.69) is 15.9 Å². The summed E-state index contributed by atoms with van der Waals surface area (Å²) < 4.78 is 11.9. The molecular formula is C16H11BrO3. The van der Waals surface area contributed by atoms with Gasteiger partial charge < -0.3 is 9.15 Å². The Morgan fingerprint density at radius 1 is 1.05 bits per heavy atom. The van der Waals surface area contributed by atoms with Crippen LogP contribution in [0.5, 0.6) is 5.75 Å². The minimum absolute atomic E-state index is 0.360. The first kappa shape index (κ1) is 12.9. The van der Waals surface area contributed by atoms with Gasteiger partial charge in [0.05, 0.1) is 0 Å². The predicted octanol–water partition coefficient (Wildman–Crippen LogP) is 4.13. The molecule has 4 heteroatoms. The lowest BCUT2D eigenvalue weighted by molar-refractivity contribution is 0.306. The fraction of sp³-hybridized carbons (Fsp3) is 0.0625. The van der Waals surface area contributed by atoms with Crippen LogP contribution in [0.25, 0.3) is 11.0 Å². The van der Waals surface area contributed by atoms with Crippen LogP contribution in [0.4, 0.5) is 0 Å². The number of rotatable bonds is 3. The van der Waals surface area contributed by atoms with Gasteiger partial charge in [0, 0.05) is 22.0 Å². The van der Waals surface area contributed by atoms with E-state index in [0.717, 1.165) is 15.4 Å². The van der Waals surface area contributed by atoms with Gasteiger partial charge in [0.2, 0.25) is 0 Å². The zero-order chi connectivity index (χ0) is 13.9. The van der Waals surface area contributed by atoms with E-state index < -0.39 is 0 Å². The van der Waals surface area contributed by atoms with Crippen LogP contribution in [0, 0.1) is 0 Å². The van der Waals surface area contributed by atoms with Crippen molar-refractivity contribution in [2.45, 2.75) is 6.61 Å². The van der Waals surface area contributed by atoms with E-state index in [0.29, 0.717) is 17.9 Å². The summed E-state index contributed by atoms with van der Waals surface area (Å²) in [6.45, 7) is 0.460. The van der Waals surface area contributed by atoms with Gasteiger partial charge in [0.25, 0.3) is 0 Å². The highest BCUT2D eigenvalue weighted by Crippen LogP contribution is 2.21. The topological polar surface area (TPSA) is 39.4 Å². The Labute approximate surface area is 123 Å². The molecule has 0 aliphatic heterocycles. The Morgan fingerprint density at radius 3 is 2.75 bits per heavy atom. The maximum Gasteiger partial charge on any atom is 0.336 e. The number of ether oxygens (including phenoxy) is 1. The molecule has 0 saturated carbocycles. The third kappa shape index (κ3) is 2.91. The van der Waals surface area contributed by atoms with Crippen LogP contribution < -0.4 is 10.4 Å². The predicted molar refractivity (Wildman–Crippen MR) is 81.0 cm³/mol. The summed E-state index contributed by atoms with van der Waals surface area (Å²) in [4.78, 5) is 11.2. The molecule has 0 amide bonds. The van der Waals surface area contributed by atoms with E-state index >= 15 is 0 Å². The molecule has 0 aliphatic carbocycles. The number of hydrogen-bond acceptors (Lipinski definition) is 3. The van der Waals surface area contributed by atoms with Gasteiger partial charge in [0.15, 0.2) is 0 Å². The molecule has 100 valence electrons. The van der Waals surface area contributed by atoms with E-state index in [1.807, 2.05) is 36.4 Å². The van der Waals surface area contributed by atoms with Gasteiger partial charge in [-0.2, -0.15) is 0 Å². The number of benzene rings is 2. The Kier molecular flexibility index (Phi) is 3.56. The van der Waals surface area contributed by atoms with Crippen molar-refractivity contribution in [3.63, 3.8) is 0 Å². The summed E-state index contributed by atoms with van der Waals surface area (Å²) in [6, 6.07) is 16.5.